The second-order valence-corrected chi connectivity index (χ2v) is 6.83. The first kappa shape index (κ1) is 18.6. The summed E-state index contributed by atoms with van der Waals surface area (Å²) in [7, 11) is 1.60. The molecule has 0 aliphatic heterocycles. The Hall–Kier alpha value is -4.46. The quantitative estimate of drug-likeness (QED) is 0.451. The van der Waals surface area contributed by atoms with Crippen molar-refractivity contribution < 1.29 is 13.9 Å². The largest absolute Gasteiger partial charge is 0.497 e. The van der Waals surface area contributed by atoms with Gasteiger partial charge in [-0.25, -0.2) is 4.79 Å². The molecule has 0 fully saturated rings. The molecule has 0 atom stereocenters. The van der Waals surface area contributed by atoms with E-state index in [1.165, 1.54) is 10.9 Å². The number of ether oxygens (including phenoxy) is 1. The molecule has 2 heterocycles. The Morgan fingerprint density at radius 3 is 2.55 bits per heavy atom. The number of para-hydroxylation sites is 1. The molecule has 0 radical (unpaired) electrons. The molecule has 31 heavy (non-hydrogen) atoms. The van der Waals surface area contributed by atoms with Crippen molar-refractivity contribution >= 4 is 33.6 Å². The Bertz CT molecular complexity index is 1490. The molecule has 8 nitrogen and oxygen atoms in total. The van der Waals surface area contributed by atoms with Crippen molar-refractivity contribution in [2.45, 2.75) is 0 Å². The minimum absolute atomic E-state index is 0.0688. The van der Waals surface area contributed by atoms with Crippen LogP contribution in [0, 0.1) is 0 Å². The van der Waals surface area contributed by atoms with Crippen molar-refractivity contribution in [2.24, 2.45) is 0 Å². The normalized spacial score (nSPS) is 11.0. The molecule has 5 rings (SSSR count). The number of hydrogen-bond acceptors (Lipinski definition) is 6. The molecule has 0 unspecified atom stereocenters. The minimum Gasteiger partial charge on any atom is -0.497 e. The number of amides is 1. The Balaban J connectivity index is 1.43. The van der Waals surface area contributed by atoms with Crippen LogP contribution in [0.4, 0.5) is 5.69 Å². The van der Waals surface area contributed by atoms with E-state index in [-0.39, 0.29) is 5.56 Å². The molecule has 0 saturated carbocycles. The molecule has 5 aromatic rings. The zero-order chi connectivity index (χ0) is 21.4. The molecular weight excluding hydrogens is 396 g/mol. The van der Waals surface area contributed by atoms with Crippen molar-refractivity contribution in [1.29, 1.82) is 0 Å². The van der Waals surface area contributed by atoms with E-state index < -0.39 is 11.5 Å². The summed E-state index contributed by atoms with van der Waals surface area (Å²) >= 11 is 0. The third kappa shape index (κ3) is 3.51. The molecule has 152 valence electrons. The summed E-state index contributed by atoms with van der Waals surface area (Å²) in [5.74, 6) is 0.185. The van der Waals surface area contributed by atoms with Crippen molar-refractivity contribution in [3.63, 3.8) is 0 Å². The number of anilines is 1. The van der Waals surface area contributed by atoms with E-state index in [2.05, 4.69) is 15.5 Å². The fourth-order valence-corrected chi connectivity index (χ4v) is 3.24. The molecule has 0 aliphatic carbocycles. The van der Waals surface area contributed by atoms with Crippen LogP contribution < -0.4 is 15.7 Å². The van der Waals surface area contributed by atoms with Gasteiger partial charge in [-0.05, 0) is 54.6 Å². The summed E-state index contributed by atoms with van der Waals surface area (Å²) in [6.45, 7) is 0. The van der Waals surface area contributed by atoms with Crippen molar-refractivity contribution in [3.05, 3.63) is 88.8 Å². The highest BCUT2D eigenvalue weighted by molar-refractivity contribution is 6.06. The monoisotopic (exact) mass is 412 g/mol. The molecular formula is C23H16N4O4. The van der Waals surface area contributed by atoms with Crippen molar-refractivity contribution in [3.8, 4) is 11.4 Å². The lowest BCUT2D eigenvalue weighted by molar-refractivity contribution is 0.102. The van der Waals surface area contributed by atoms with Gasteiger partial charge in [0.1, 0.15) is 27.9 Å². The number of fused-ring (bicyclic) bond motifs is 2. The Morgan fingerprint density at radius 1 is 0.968 bits per heavy atom. The average molecular weight is 412 g/mol. The molecule has 0 spiro atoms. The summed E-state index contributed by atoms with van der Waals surface area (Å²) in [6.07, 6.45) is 0. The first-order valence-corrected chi connectivity index (χ1v) is 9.46. The van der Waals surface area contributed by atoms with Gasteiger partial charge in [0, 0.05) is 11.1 Å². The number of carbonyl (C=O) groups excluding carboxylic acids is 1. The third-order valence-corrected chi connectivity index (χ3v) is 4.83. The zero-order valence-electron chi connectivity index (χ0n) is 16.4. The van der Waals surface area contributed by atoms with Gasteiger partial charge in [0.2, 0.25) is 0 Å². The third-order valence-electron chi connectivity index (χ3n) is 4.83. The predicted octanol–water partition coefficient (Wildman–Crippen LogP) is 3.79. The van der Waals surface area contributed by atoms with Crippen LogP contribution in [-0.2, 0) is 0 Å². The van der Waals surface area contributed by atoms with E-state index >= 15 is 0 Å². The maximum absolute atomic E-state index is 12.7. The second-order valence-electron chi connectivity index (χ2n) is 6.83. The average Bonchev–Trinajstić information content (AvgIpc) is 3.22. The summed E-state index contributed by atoms with van der Waals surface area (Å²) in [5.41, 5.74) is 2.20. The van der Waals surface area contributed by atoms with Crippen LogP contribution in [0.5, 0.6) is 5.75 Å². The summed E-state index contributed by atoms with van der Waals surface area (Å²) in [5, 5.41) is 12.3. The molecule has 8 heteroatoms. The van der Waals surface area contributed by atoms with Crippen LogP contribution in [0.1, 0.15) is 10.4 Å². The van der Waals surface area contributed by atoms with Gasteiger partial charge in [-0.1, -0.05) is 18.2 Å². The first-order valence-electron chi connectivity index (χ1n) is 9.46. The van der Waals surface area contributed by atoms with Gasteiger partial charge in [-0.2, -0.15) is 4.80 Å². The van der Waals surface area contributed by atoms with E-state index in [0.29, 0.717) is 27.7 Å². The van der Waals surface area contributed by atoms with E-state index in [0.717, 1.165) is 11.4 Å². The van der Waals surface area contributed by atoms with E-state index in [1.54, 1.807) is 43.5 Å². The van der Waals surface area contributed by atoms with Gasteiger partial charge in [-0.15, -0.1) is 10.2 Å². The van der Waals surface area contributed by atoms with Gasteiger partial charge < -0.3 is 14.5 Å². The highest BCUT2D eigenvalue weighted by Crippen LogP contribution is 2.20. The van der Waals surface area contributed by atoms with Crippen LogP contribution in [0.25, 0.3) is 27.7 Å². The SMILES string of the molecule is COc1ccc(-n2nc3ccc(NC(=O)c4cc5ccccc5oc4=O)cc3n2)cc1. The highest BCUT2D eigenvalue weighted by Gasteiger charge is 2.15. The Labute approximate surface area is 175 Å². The minimum atomic E-state index is -0.692. The van der Waals surface area contributed by atoms with Gasteiger partial charge >= 0.3 is 5.63 Å². The summed E-state index contributed by atoms with van der Waals surface area (Å²) < 4.78 is 10.4. The molecule has 2 aromatic heterocycles. The van der Waals surface area contributed by atoms with Crippen molar-refractivity contribution in [1.82, 2.24) is 15.0 Å². The molecule has 1 N–H and O–H groups in total. The second kappa shape index (κ2) is 7.42. The van der Waals surface area contributed by atoms with Gasteiger partial charge in [-0.3, -0.25) is 4.79 Å². The van der Waals surface area contributed by atoms with Gasteiger partial charge in [0.15, 0.2) is 0 Å². The summed E-state index contributed by atoms with van der Waals surface area (Å²) in [6, 6.07) is 21.0. The van der Waals surface area contributed by atoms with E-state index in [9.17, 15) is 9.59 Å². The predicted molar refractivity (Wildman–Crippen MR) is 116 cm³/mol. The number of methoxy groups -OCH3 is 1. The Kier molecular flexibility index (Phi) is 4.44. The standard InChI is InChI=1S/C23H16N4O4/c1-30-17-9-7-16(8-10-17)27-25-19-11-6-15(13-20(19)26-27)24-22(28)18-12-14-4-2-3-5-21(14)31-23(18)29/h2-13H,1H3,(H,24,28). The van der Waals surface area contributed by atoms with Crippen LogP contribution in [0.3, 0.4) is 0 Å². The Morgan fingerprint density at radius 2 is 1.74 bits per heavy atom. The molecule has 3 aromatic carbocycles. The number of hydrogen-bond donors (Lipinski definition) is 1. The molecule has 0 bridgehead atoms. The van der Waals surface area contributed by atoms with Gasteiger partial charge in [0.25, 0.3) is 5.91 Å². The highest BCUT2D eigenvalue weighted by atomic mass is 16.5. The maximum Gasteiger partial charge on any atom is 0.349 e. The number of benzene rings is 3. The fraction of sp³-hybridized carbons (Fsp3) is 0.0435. The fourth-order valence-electron chi connectivity index (χ4n) is 3.24. The number of nitrogens with one attached hydrogen (secondary N) is 1. The van der Waals surface area contributed by atoms with Crippen LogP contribution >= 0.6 is 0 Å². The zero-order valence-corrected chi connectivity index (χ0v) is 16.4. The van der Waals surface area contributed by atoms with Crippen LogP contribution in [-0.4, -0.2) is 28.0 Å². The topological polar surface area (TPSA) is 99.2 Å². The lowest BCUT2D eigenvalue weighted by Gasteiger charge is -2.05. The molecule has 1 amide bonds. The lowest BCUT2D eigenvalue weighted by atomic mass is 10.1. The number of nitrogens with zero attached hydrogens (tertiary/aromatic N) is 3. The maximum atomic E-state index is 12.7. The van der Waals surface area contributed by atoms with Crippen molar-refractivity contribution in [2.75, 3.05) is 12.4 Å². The number of rotatable bonds is 4. The van der Waals surface area contributed by atoms with E-state index in [4.69, 9.17) is 9.15 Å². The lowest BCUT2D eigenvalue weighted by Crippen LogP contribution is -2.20. The van der Waals surface area contributed by atoms with Gasteiger partial charge in [0.05, 0.1) is 12.8 Å². The van der Waals surface area contributed by atoms with Crippen LogP contribution in [0.2, 0.25) is 0 Å². The summed E-state index contributed by atoms with van der Waals surface area (Å²) in [4.78, 5) is 26.4. The number of aromatic nitrogens is 3. The number of carbonyl (C=O) groups is 1. The van der Waals surface area contributed by atoms with E-state index in [1.807, 2.05) is 30.3 Å². The molecule has 0 saturated heterocycles. The van der Waals surface area contributed by atoms with Crippen LogP contribution in [0.15, 0.2) is 82.0 Å². The smallest absolute Gasteiger partial charge is 0.349 e. The molecule has 0 aliphatic rings. The first-order chi connectivity index (χ1) is 15.1.